The molecule has 0 aromatic carbocycles. The molecule has 2 unspecified atom stereocenters. The second-order valence-corrected chi connectivity index (χ2v) is 6.11. The molecule has 1 aliphatic carbocycles. The molecule has 1 saturated carbocycles. The molecule has 3 nitrogen and oxygen atoms in total. The fraction of sp³-hybridized carbons (Fsp3) is 1.00. The molecule has 2 rings (SSSR count). The van der Waals surface area contributed by atoms with E-state index in [1.165, 1.54) is 51.5 Å². The van der Waals surface area contributed by atoms with Gasteiger partial charge in [0.2, 0.25) is 0 Å². The molecule has 2 aliphatic rings. The highest BCUT2D eigenvalue weighted by atomic mass is 16.5. The fourth-order valence-corrected chi connectivity index (χ4v) is 3.29. The number of morpholine rings is 1. The van der Waals surface area contributed by atoms with Gasteiger partial charge in [-0.3, -0.25) is 0 Å². The lowest BCUT2D eigenvalue weighted by atomic mass is 9.87. The van der Waals surface area contributed by atoms with Crippen molar-refractivity contribution in [2.24, 2.45) is 5.92 Å². The summed E-state index contributed by atoms with van der Waals surface area (Å²) in [6, 6.07) is 1.16. The van der Waals surface area contributed by atoms with Crippen molar-refractivity contribution in [3.05, 3.63) is 0 Å². The van der Waals surface area contributed by atoms with E-state index in [0.717, 1.165) is 25.7 Å². The van der Waals surface area contributed by atoms with Gasteiger partial charge < -0.3 is 15.4 Å². The van der Waals surface area contributed by atoms with E-state index in [9.17, 15) is 0 Å². The van der Waals surface area contributed by atoms with E-state index in [0.29, 0.717) is 12.1 Å². The molecule has 0 radical (unpaired) electrons. The normalized spacial score (nSPS) is 28.2. The molecule has 0 spiro atoms. The Morgan fingerprint density at radius 3 is 2.83 bits per heavy atom. The third-order valence-electron chi connectivity index (χ3n) is 4.41. The van der Waals surface area contributed by atoms with Crippen LogP contribution in [0.3, 0.4) is 0 Å². The highest BCUT2D eigenvalue weighted by Gasteiger charge is 2.17. The van der Waals surface area contributed by atoms with Gasteiger partial charge in [0.1, 0.15) is 0 Å². The van der Waals surface area contributed by atoms with Crippen LogP contribution in [0.2, 0.25) is 0 Å². The molecule has 3 heteroatoms. The van der Waals surface area contributed by atoms with Gasteiger partial charge in [0.05, 0.1) is 13.2 Å². The van der Waals surface area contributed by atoms with E-state index in [4.69, 9.17) is 4.74 Å². The first kappa shape index (κ1) is 14.3. The monoisotopic (exact) mass is 254 g/mol. The highest BCUT2D eigenvalue weighted by molar-refractivity contribution is 4.76. The topological polar surface area (TPSA) is 33.3 Å². The van der Waals surface area contributed by atoms with E-state index in [1.54, 1.807) is 0 Å². The van der Waals surface area contributed by atoms with Crippen LogP contribution in [0.5, 0.6) is 0 Å². The SMILES string of the molecule is CC(CC1COCCN1)NCCC1CCCCC1. The molecule has 0 amide bonds. The maximum Gasteiger partial charge on any atom is 0.0620 e. The number of rotatable bonds is 6. The van der Waals surface area contributed by atoms with Crippen molar-refractivity contribution < 1.29 is 4.74 Å². The minimum atomic E-state index is 0.552. The maximum absolute atomic E-state index is 5.49. The summed E-state index contributed by atoms with van der Waals surface area (Å²) in [6.45, 7) is 6.27. The predicted molar refractivity (Wildman–Crippen MR) is 75.9 cm³/mol. The molecule has 1 saturated heterocycles. The van der Waals surface area contributed by atoms with Gasteiger partial charge in [-0.2, -0.15) is 0 Å². The third kappa shape index (κ3) is 5.25. The van der Waals surface area contributed by atoms with Gasteiger partial charge in [-0.15, -0.1) is 0 Å². The van der Waals surface area contributed by atoms with Crippen molar-refractivity contribution in [3.8, 4) is 0 Å². The van der Waals surface area contributed by atoms with Crippen LogP contribution in [-0.4, -0.2) is 38.4 Å². The Hall–Kier alpha value is -0.120. The molecule has 0 bridgehead atoms. The number of hydrogen-bond acceptors (Lipinski definition) is 3. The van der Waals surface area contributed by atoms with Crippen LogP contribution >= 0.6 is 0 Å². The van der Waals surface area contributed by atoms with E-state index >= 15 is 0 Å². The lowest BCUT2D eigenvalue weighted by molar-refractivity contribution is 0.0712. The molecular formula is C15H30N2O. The van der Waals surface area contributed by atoms with Gasteiger partial charge >= 0.3 is 0 Å². The van der Waals surface area contributed by atoms with Gasteiger partial charge in [0.15, 0.2) is 0 Å². The summed E-state index contributed by atoms with van der Waals surface area (Å²) in [5.41, 5.74) is 0. The second-order valence-electron chi connectivity index (χ2n) is 6.11. The molecule has 106 valence electrons. The summed E-state index contributed by atoms with van der Waals surface area (Å²) >= 11 is 0. The first-order valence-corrected chi connectivity index (χ1v) is 7.89. The van der Waals surface area contributed by atoms with Gasteiger partial charge in [-0.25, -0.2) is 0 Å². The van der Waals surface area contributed by atoms with Crippen molar-refractivity contribution in [1.29, 1.82) is 0 Å². The molecular weight excluding hydrogens is 224 g/mol. The second kappa shape index (κ2) is 8.13. The number of nitrogens with one attached hydrogen (secondary N) is 2. The molecule has 1 aliphatic heterocycles. The molecule has 2 N–H and O–H groups in total. The fourth-order valence-electron chi connectivity index (χ4n) is 3.29. The highest BCUT2D eigenvalue weighted by Crippen LogP contribution is 2.25. The molecule has 0 aromatic heterocycles. The van der Waals surface area contributed by atoms with Crippen LogP contribution < -0.4 is 10.6 Å². The van der Waals surface area contributed by atoms with Crippen molar-refractivity contribution in [2.45, 2.75) is 64.0 Å². The van der Waals surface area contributed by atoms with E-state index < -0.39 is 0 Å². The van der Waals surface area contributed by atoms with Crippen molar-refractivity contribution in [1.82, 2.24) is 10.6 Å². The molecule has 1 heterocycles. The Kier molecular flexibility index (Phi) is 6.46. The Balaban J connectivity index is 1.52. The Labute approximate surface area is 112 Å². The Morgan fingerprint density at radius 2 is 2.11 bits per heavy atom. The molecule has 18 heavy (non-hydrogen) atoms. The Bertz CT molecular complexity index is 211. The third-order valence-corrected chi connectivity index (χ3v) is 4.41. The summed E-state index contributed by atoms with van der Waals surface area (Å²) in [5, 5.41) is 7.21. The van der Waals surface area contributed by atoms with Crippen molar-refractivity contribution in [3.63, 3.8) is 0 Å². The molecule has 2 atom stereocenters. The van der Waals surface area contributed by atoms with Crippen LogP contribution in [0.15, 0.2) is 0 Å². The molecule has 2 fully saturated rings. The largest absolute Gasteiger partial charge is 0.379 e. The summed E-state index contributed by atoms with van der Waals surface area (Å²) in [6.07, 6.45) is 9.88. The molecule has 0 aromatic rings. The van der Waals surface area contributed by atoms with E-state index in [-0.39, 0.29) is 0 Å². The zero-order chi connectivity index (χ0) is 12.6. The average Bonchev–Trinajstić information content (AvgIpc) is 2.41. The summed E-state index contributed by atoms with van der Waals surface area (Å²) in [7, 11) is 0. The van der Waals surface area contributed by atoms with Crippen LogP contribution in [0.25, 0.3) is 0 Å². The lowest BCUT2D eigenvalue weighted by Gasteiger charge is -2.27. The smallest absolute Gasteiger partial charge is 0.0620 e. The van der Waals surface area contributed by atoms with Crippen LogP contribution in [0.1, 0.15) is 51.9 Å². The standard InChI is InChI=1S/C15H30N2O/c1-13(11-15-12-18-10-9-17-15)16-8-7-14-5-3-2-4-6-14/h13-17H,2-12H2,1H3. The van der Waals surface area contributed by atoms with Crippen molar-refractivity contribution in [2.75, 3.05) is 26.3 Å². The average molecular weight is 254 g/mol. The van der Waals surface area contributed by atoms with Crippen LogP contribution in [0.4, 0.5) is 0 Å². The zero-order valence-corrected chi connectivity index (χ0v) is 11.9. The lowest BCUT2D eigenvalue weighted by Crippen LogP contribution is -2.45. The first-order valence-electron chi connectivity index (χ1n) is 7.89. The summed E-state index contributed by atoms with van der Waals surface area (Å²) < 4.78 is 5.49. The van der Waals surface area contributed by atoms with Gasteiger partial charge in [0.25, 0.3) is 0 Å². The predicted octanol–water partition coefficient (Wildman–Crippen LogP) is 2.31. The zero-order valence-electron chi connectivity index (χ0n) is 11.9. The number of ether oxygens (including phenoxy) is 1. The van der Waals surface area contributed by atoms with Gasteiger partial charge in [-0.1, -0.05) is 32.1 Å². The first-order chi connectivity index (χ1) is 8.84. The van der Waals surface area contributed by atoms with Gasteiger partial charge in [0, 0.05) is 18.6 Å². The Morgan fingerprint density at radius 1 is 1.28 bits per heavy atom. The minimum Gasteiger partial charge on any atom is -0.379 e. The summed E-state index contributed by atoms with van der Waals surface area (Å²) in [5.74, 6) is 0.995. The maximum atomic E-state index is 5.49. The van der Waals surface area contributed by atoms with Gasteiger partial charge in [-0.05, 0) is 32.2 Å². The van der Waals surface area contributed by atoms with Crippen LogP contribution in [-0.2, 0) is 4.74 Å². The van der Waals surface area contributed by atoms with E-state index in [2.05, 4.69) is 17.6 Å². The van der Waals surface area contributed by atoms with Crippen LogP contribution in [0, 0.1) is 5.92 Å². The van der Waals surface area contributed by atoms with Crippen molar-refractivity contribution >= 4 is 0 Å². The quantitative estimate of drug-likeness (QED) is 0.763. The minimum absolute atomic E-state index is 0.552. The summed E-state index contributed by atoms with van der Waals surface area (Å²) in [4.78, 5) is 0. The van der Waals surface area contributed by atoms with E-state index in [1.807, 2.05) is 0 Å². The number of hydrogen-bond donors (Lipinski definition) is 2.